The third-order valence-corrected chi connectivity index (χ3v) is 4.83. The Labute approximate surface area is 137 Å². The van der Waals surface area contributed by atoms with Gasteiger partial charge in [0.1, 0.15) is 0 Å². The number of aromatic nitrogens is 1. The van der Waals surface area contributed by atoms with Crippen LogP contribution in [0.5, 0.6) is 0 Å². The average Bonchev–Trinajstić information content (AvgIpc) is 3.02. The van der Waals surface area contributed by atoms with Crippen LogP contribution in [0.25, 0.3) is 10.9 Å². The molecular formula is C20H23N3. The Kier molecular flexibility index (Phi) is 3.90. The van der Waals surface area contributed by atoms with Gasteiger partial charge in [0.05, 0.1) is 6.04 Å². The van der Waals surface area contributed by atoms with Crippen LogP contribution in [-0.2, 0) is 0 Å². The molecular weight excluding hydrogens is 282 g/mol. The van der Waals surface area contributed by atoms with Crippen molar-refractivity contribution in [1.82, 2.24) is 15.2 Å². The van der Waals surface area contributed by atoms with Crippen LogP contribution in [-0.4, -0.2) is 36.1 Å². The average molecular weight is 305 g/mol. The largest absolute Gasteiger partial charge is 0.361 e. The van der Waals surface area contributed by atoms with Crippen molar-refractivity contribution in [2.75, 3.05) is 26.2 Å². The Morgan fingerprint density at radius 2 is 1.70 bits per heavy atom. The quantitative estimate of drug-likeness (QED) is 0.776. The number of H-pyrrole nitrogens is 1. The molecule has 2 N–H and O–H groups in total. The monoisotopic (exact) mass is 305 g/mol. The van der Waals surface area contributed by atoms with E-state index < -0.39 is 0 Å². The Hall–Kier alpha value is -2.10. The lowest BCUT2D eigenvalue weighted by Gasteiger charge is -2.35. The standard InChI is InChI=1S/C20H23N3/c1-15-6-8-16(9-7-15)20(23-12-10-21-11-13-23)18-14-22-19-5-3-2-4-17(18)19/h2-9,14,20-22H,10-13H2,1H3. The maximum atomic E-state index is 3.46. The highest BCUT2D eigenvalue weighted by Gasteiger charge is 2.25. The van der Waals surface area contributed by atoms with Crippen molar-refractivity contribution in [2.45, 2.75) is 13.0 Å². The van der Waals surface area contributed by atoms with E-state index in [0.29, 0.717) is 6.04 Å². The molecule has 2 aromatic carbocycles. The van der Waals surface area contributed by atoms with Gasteiger partial charge >= 0.3 is 0 Å². The van der Waals surface area contributed by atoms with E-state index in [0.717, 1.165) is 26.2 Å². The van der Waals surface area contributed by atoms with E-state index in [1.54, 1.807) is 0 Å². The van der Waals surface area contributed by atoms with Crippen molar-refractivity contribution >= 4 is 10.9 Å². The number of aryl methyl sites for hydroxylation is 1. The smallest absolute Gasteiger partial charge is 0.0623 e. The first-order valence-electron chi connectivity index (χ1n) is 8.40. The predicted octanol–water partition coefficient (Wildman–Crippen LogP) is 3.47. The summed E-state index contributed by atoms with van der Waals surface area (Å²) in [5.74, 6) is 0. The number of fused-ring (bicyclic) bond motifs is 1. The van der Waals surface area contributed by atoms with Gasteiger partial charge in [0, 0.05) is 43.3 Å². The highest BCUT2D eigenvalue weighted by molar-refractivity contribution is 5.84. The summed E-state index contributed by atoms with van der Waals surface area (Å²) in [5, 5.41) is 4.79. The first-order valence-corrected chi connectivity index (χ1v) is 8.40. The number of nitrogens with one attached hydrogen (secondary N) is 2. The summed E-state index contributed by atoms with van der Waals surface area (Å²) in [6.45, 7) is 6.43. The number of aromatic amines is 1. The van der Waals surface area contributed by atoms with E-state index in [-0.39, 0.29) is 0 Å². The molecule has 1 saturated heterocycles. The molecule has 3 nitrogen and oxygen atoms in total. The zero-order chi connectivity index (χ0) is 15.6. The lowest BCUT2D eigenvalue weighted by Crippen LogP contribution is -2.45. The highest BCUT2D eigenvalue weighted by atomic mass is 15.2. The van der Waals surface area contributed by atoms with Gasteiger partial charge in [-0.2, -0.15) is 0 Å². The number of para-hydroxylation sites is 1. The van der Waals surface area contributed by atoms with Crippen molar-refractivity contribution in [3.8, 4) is 0 Å². The minimum Gasteiger partial charge on any atom is -0.361 e. The fourth-order valence-electron chi connectivity index (χ4n) is 3.60. The van der Waals surface area contributed by atoms with Gasteiger partial charge in [-0.15, -0.1) is 0 Å². The molecule has 1 aromatic heterocycles. The molecule has 23 heavy (non-hydrogen) atoms. The van der Waals surface area contributed by atoms with E-state index in [4.69, 9.17) is 0 Å². The molecule has 1 atom stereocenters. The third kappa shape index (κ3) is 2.78. The zero-order valence-electron chi connectivity index (χ0n) is 13.5. The fourth-order valence-corrected chi connectivity index (χ4v) is 3.60. The Bertz CT molecular complexity index is 782. The van der Waals surface area contributed by atoms with Crippen LogP contribution in [0.2, 0.25) is 0 Å². The van der Waals surface area contributed by atoms with E-state index in [9.17, 15) is 0 Å². The first-order chi connectivity index (χ1) is 11.3. The molecule has 1 aliphatic rings. The van der Waals surface area contributed by atoms with Gasteiger partial charge in [-0.3, -0.25) is 4.90 Å². The van der Waals surface area contributed by atoms with Crippen molar-refractivity contribution < 1.29 is 0 Å². The van der Waals surface area contributed by atoms with E-state index >= 15 is 0 Å². The molecule has 1 aliphatic heterocycles. The number of hydrogen-bond acceptors (Lipinski definition) is 2. The van der Waals surface area contributed by atoms with Crippen molar-refractivity contribution in [3.63, 3.8) is 0 Å². The van der Waals surface area contributed by atoms with Gasteiger partial charge in [-0.1, -0.05) is 48.0 Å². The maximum absolute atomic E-state index is 3.46. The molecule has 0 bridgehead atoms. The molecule has 0 aliphatic carbocycles. The molecule has 2 heterocycles. The molecule has 1 fully saturated rings. The van der Waals surface area contributed by atoms with Gasteiger partial charge in [0.25, 0.3) is 0 Å². The number of rotatable bonds is 3. The minimum absolute atomic E-state index is 0.314. The van der Waals surface area contributed by atoms with Crippen molar-refractivity contribution in [3.05, 3.63) is 71.4 Å². The van der Waals surface area contributed by atoms with E-state index in [2.05, 4.69) is 76.9 Å². The summed E-state index contributed by atoms with van der Waals surface area (Å²) in [5.41, 5.74) is 5.29. The molecule has 3 aromatic rings. The van der Waals surface area contributed by atoms with Crippen LogP contribution in [0.1, 0.15) is 22.7 Å². The molecule has 3 heteroatoms. The van der Waals surface area contributed by atoms with Gasteiger partial charge in [-0.05, 0) is 24.1 Å². The lowest BCUT2D eigenvalue weighted by molar-refractivity contribution is 0.199. The zero-order valence-corrected chi connectivity index (χ0v) is 13.5. The number of piperazine rings is 1. The summed E-state index contributed by atoms with van der Waals surface area (Å²) in [4.78, 5) is 6.04. The molecule has 4 rings (SSSR count). The Morgan fingerprint density at radius 3 is 2.48 bits per heavy atom. The second kappa shape index (κ2) is 6.19. The minimum atomic E-state index is 0.314. The van der Waals surface area contributed by atoms with Crippen molar-refractivity contribution in [1.29, 1.82) is 0 Å². The summed E-state index contributed by atoms with van der Waals surface area (Å²) in [6.07, 6.45) is 2.19. The summed E-state index contributed by atoms with van der Waals surface area (Å²) < 4.78 is 0. The SMILES string of the molecule is Cc1ccc(C(c2c[nH]c3ccccc23)N2CCNCC2)cc1. The van der Waals surface area contributed by atoms with Gasteiger partial charge in [0.2, 0.25) is 0 Å². The van der Waals surface area contributed by atoms with E-state index in [1.807, 2.05) is 0 Å². The van der Waals surface area contributed by atoms with E-state index in [1.165, 1.54) is 27.6 Å². The summed E-state index contributed by atoms with van der Waals surface area (Å²) in [7, 11) is 0. The van der Waals surface area contributed by atoms with Gasteiger partial charge < -0.3 is 10.3 Å². The van der Waals surface area contributed by atoms with Crippen LogP contribution in [0.3, 0.4) is 0 Å². The lowest BCUT2D eigenvalue weighted by atomic mass is 9.95. The van der Waals surface area contributed by atoms with Crippen LogP contribution >= 0.6 is 0 Å². The predicted molar refractivity (Wildman–Crippen MR) is 95.8 cm³/mol. The summed E-state index contributed by atoms with van der Waals surface area (Å²) >= 11 is 0. The maximum Gasteiger partial charge on any atom is 0.0623 e. The molecule has 0 saturated carbocycles. The number of hydrogen-bond donors (Lipinski definition) is 2. The Balaban J connectivity index is 1.82. The van der Waals surface area contributed by atoms with Crippen LogP contribution < -0.4 is 5.32 Å². The third-order valence-electron chi connectivity index (χ3n) is 4.83. The normalized spacial score (nSPS) is 17.4. The molecule has 1 unspecified atom stereocenters. The summed E-state index contributed by atoms with van der Waals surface area (Å²) in [6, 6.07) is 17.9. The highest BCUT2D eigenvalue weighted by Crippen LogP contribution is 2.33. The van der Waals surface area contributed by atoms with Gasteiger partial charge in [-0.25, -0.2) is 0 Å². The number of nitrogens with zero attached hydrogens (tertiary/aromatic N) is 1. The second-order valence-corrected chi connectivity index (χ2v) is 6.39. The van der Waals surface area contributed by atoms with Crippen LogP contribution in [0, 0.1) is 6.92 Å². The topological polar surface area (TPSA) is 31.1 Å². The first kappa shape index (κ1) is 14.5. The Morgan fingerprint density at radius 1 is 0.957 bits per heavy atom. The molecule has 0 radical (unpaired) electrons. The fraction of sp³-hybridized carbons (Fsp3) is 0.300. The van der Waals surface area contributed by atoms with Crippen LogP contribution in [0.4, 0.5) is 0 Å². The van der Waals surface area contributed by atoms with Crippen molar-refractivity contribution in [2.24, 2.45) is 0 Å². The molecule has 118 valence electrons. The number of benzene rings is 2. The molecule has 0 spiro atoms. The molecule has 0 amide bonds. The van der Waals surface area contributed by atoms with Crippen LogP contribution in [0.15, 0.2) is 54.7 Å². The van der Waals surface area contributed by atoms with Gasteiger partial charge in [0.15, 0.2) is 0 Å². The second-order valence-electron chi connectivity index (χ2n) is 6.39.